The molecule has 0 aliphatic rings. The fourth-order valence-corrected chi connectivity index (χ4v) is 5.36. The Morgan fingerprint density at radius 2 is 1.36 bits per heavy atom. The Balaban J connectivity index is 6.10. The maximum Gasteiger partial charge on any atom is 0.350 e. The van der Waals surface area contributed by atoms with Gasteiger partial charge >= 0.3 is 13.6 Å². The third-order valence-electron chi connectivity index (χ3n) is 3.59. The third kappa shape index (κ3) is 8.50. The van der Waals surface area contributed by atoms with Crippen molar-refractivity contribution < 1.29 is 28.0 Å². The minimum absolute atomic E-state index is 0.240. The summed E-state index contributed by atoms with van der Waals surface area (Å²) in [6.07, 6.45) is -0.889. The van der Waals surface area contributed by atoms with E-state index < -0.39 is 42.0 Å². The fourth-order valence-electron chi connectivity index (χ4n) is 2.67. The Morgan fingerprint density at radius 1 is 0.929 bits per heavy atom. The second kappa shape index (κ2) is 10.0. The van der Waals surface area contributed by atoms with Gasteiger partial charge < -0.3 is 13.8 Å². The molecule has 0 aromatic carbocycles. The van der Waals surface area contributed by atoms with Crippen molar-refractivity contribution in [1.29, 1.82) is 0 Å². The zero-order chi connectivity index (χ0) is 22.6. The van der Waals surface area contributed by atoms with E-state index in [0.29, 0.717) is 0 Å². The highest BCUT2D eigenvalue weighted by Gasteiger charge is 2.52. The van der Waals surface area contributed by atoms with Gasteiger partial charge in [-0.05, 0) is 67.7 Å². The smallest absolute Gasteiger partial charge is 0.350 e. The molecule has 0 aromatic rings. The van der Waals surface area contributed by atoms with Gasteiger partial charge in [0.2, 0.25) is 0 Å². The summed E-state index contributed by atoms with van der Waals surface area (Å²) in [6, 6.07) is 0. The summed E-state index contributed by atoms with van der Waals surface area (Å²) in [6.45, 7) is 22.7. The van der Waals surface area contributed by atoms with Crippen molar-refractivity contribution in [2.24, 2.45) is 5.41 Å². The number of esters is 1. The highest BCUT2D eigenvalue weighted by molar-refractivity contribution is 7.54. The summed E-state index contributed by atoms with van der Waals surface area (Å²) in [5.74, 6) is -1.22. The third-order valence-corrected chi connectivity index (χ3v) is 6.41. The van der Waals surface area contributed by atoms with E-state index in [4.69, 9.17) is 18.6 Å². The normalized spacial score (nSPS) is 16.2. The van der Waals surface area contributed by atoms with Crippen LogP contribution in [0.3, 0.4) is 0 Å². The predicted octanol–water partition coefficient (Wildman–Crippen LogP) is 5.39. The summed E-state index contributed by atoms with van der Waals surface area (Å²) in [5.41, 5.74) is -1.74. The second-order valence-electron chi connectivity index (χ2n) is 9.89. The molecule has 0 unspecified atom stereocenters. The molecule has 0 heterocycles. The molecule has 0 radical (unpaired) electrons. The van der Waals surface area contributed by atoms with Crippen LogP contribution >= 0.6 is 7.60 Å². The maximum absolute atomic E-state index is 13.7. The van der Waals surface area contributed by atoms with Crippen molar-refractivity contribution in [3.05, 3.63) is 0 Å². The number of hydroxylamine groups is 2. The molecule has 0 bridgehead atoms. The number of hydrogen-bond donors (Lipinski definition) is 0. The lowest BCUT2D eigenvalue weighted by atomic mass is 9.94. The molecule has 168 valence electrons. The molecule has 28 heavy (non-hydrogen) atoms. The van der Waals surface area contributed by atoms with Gasteiger partial charge in [0.1, 0.15) is 11.4 Å². The van der Waals surface area contributed by atoms with E-state index in [0.717, 1.165) is 0 Å². The van der Waals surface area contributed by atoms with Crippen LogP contribution < -0.4 is 0 Å². The van der Waals surface area contributed by atoms with Crippen molar-refractivity contribution in [3.63, 3.8) is 0 Å². The van der Waals surface area contributed by atoms with Crippen molar-refractivity contribution in [3.8, 4) is 0 Å². The Hall–Kier alpha value is -0.460. The molecule has 0 N–H and O–H groups in total. The molecule has 8 heteroatoms. The van der Waals surface area contributed by atoms with E-state index in [1.165, 1.54) is 0 Å². The lowest BCUT2D eigenvalue weighted by Gasteiger charge is -2.48. The van der Waals surface area contributed by atoms with Crippen LogP contribution in [0.5, 0.6) is 0 Å². The molecule has 0 saturated heterocycles. The van der Waals surface area contributed by atoms with Gasteiger partial charge in [0, 0.05) is 5.54 Å². The Morgan fingerprint density at radius 3 is 1.64 bits per heavy atom. The Bertz CT molecular complexity index is 534. The monoisotopic (exact) mass is 423 g/mol. The van der Waals surface area contributed by atoms with Crippen LogP contribution in [-0.4, -0.2) is 47.3 Å². The molecule has 7 nitrogen and oxygen atoms in total. The van der Waals surface area contributed by atoms with Gasteiger partial charge in [-0.2, -0.15) is 5.06 Å². The van der Waals surface area contributed by atoms with Crippen molar-refractivity contribution >= 4 is 13.6 Å². The quantitative estimate of drug-likeness (QED) is 0.280. The molecule has 2 atom stereocenters. The average Bonchev–Trinajstić information content (AvgIpc) is 2.42. The van der Waals surface area contributed by atoms with Gasteiger partial charge in [-0.3, -0.25) is 9.40 Å². The topological polar surface area (TPSA) is 74.3 Å². The second-order valence-corrected chi connectivity index (χ2v) is 12.0. The lowest BCUT2D eigenvalue weighted by Crippen LogP contribution is -2.55. The van der Waals surface area contributed by atoms with Crippen LogP contribution in [0.2, 0.25) is 0 Å². The molecule has 0 aliphatic carbocycles. The molecular weight excluding hydrogens is 381 g/mol. The number of carbonyl (C=O) groups is 1. The lowest BCUT2D eigenvalue weighted by molar-refractivity contribution is -0.265. The number of carbonyl (C=O) groups excluding carboxylic acids is 1. The molecular formula is C20H42NO6P. The van der Waals surface area contributed by atoms with Gasteiger partial charge in [-0.1, -0.05) is 20.8 Å². The first-order valence-electron chi connectivity index (χ1n) is 9.96. The van der Waals surface area contributed by atoms with E-state index in [1.54, 1.807) is 46.6 Å². The molecule has 0 amide bonds. The first-order chi connectivity index (χ1) is 12.4. The van der Waals surface area contributed by atoms with Crippen LogP contribution in [0.25, 0.3) is 0 Å². The Kier molecular flexibility index (Phi) is 9.87. The average molecular weight is 424 g/mol. The largest absolute Gasteiger partial charge is 0.458 e. The summed E-state index contributed by atoms with van der Waals surface area (Å²) in [5, 5.41) is 1.59. The predicted molar refractivity (Wildman–Crippen MR) is 112 cm³/mol. The van der Waals surface area contributed by atoms with Crippen molar-refractivity contribution in [1.82, 2.24) is 5.06 Å². The molecule has 0 fully saturated rings. The van der Waals surface area contributed by atoms with Crippen LogP contribution in [0.15, 0.2) is 0 Å². The van der Waals surface area contributed by atoms with E-state index >= 15 is 0 Å². The van der Waals surface area contributed by atoms with Gasteiger partial charge in [0.15, 0.2) is 6.10 Å². The van der Waals surface area contributed by atoms with Crippen LogP contribution in [0.4, 0.5) is 0 Å². The molecule has 0 aromatic heterocycles. The van der Waals surface area contributed by atoms with E-state index in [9.17, 15) is 9.36 Å². The first-order valence-corrected chi connectivity index (χ1v) is 11.6. The van der Waals surface area contributed by atoms with Crippen LogP contribution in [-0.2, 0) is 28.0 Å². The number of rotatable bonds is 9. The molecule has 0 spiro atoms. The van der Waals surface area contributed by atoms with Crippen LogP contribution in [0, 0.1) is 5.41 Å². The number of hydrogen-bond acceptors (Lipinski definition) is 7. The fraction of sp³-hybridized carbons (Fsp3) is 0.950. The minimum atomic E-state index is -3.58. The van der Waals surface area contributed by atoms with E-state index in [2.05, 4.69) is 0 Å². The SMILES string of the molecule is CCOP(=O)(OCC)[C@@H](N(O[C@H](C)C(=O)OC(C)(C)C)C(C)(C)C)C(C)(C)C. The van der Waals surface area contributed by atoms with Crippen molar-refractivity contribution in [2.45, 2.75) is 106 Å². The summed E-state index contributed by atoms with van der Waals surface area (Å²) >= 11 is 0. The molecule has 0 aliphatic heterocycles. The minimum Gasteiger partial charge on any atom is -0.458 e. The van der Waals surface area contributed by atoms with Crippen LogP contribution in [0.1, 0.15) is 83.1 Å². The standard InChI is InChI=1S/C20H42NO6P/c1-13-24-28(23,25-14-2)17(18(4,5)6)21(19(7,8)9)27-15(3)16(22)26-20(10,11)12/h15,17H,13-14H2,1-12H3/t15-,17-/m1/s1. The molecule has 0 saturated carbocycles. The zero-order valence-electron chi connectivity index (χ0n) is 19.9. The molecule has 0 rings (SSSR count). The Labute approximate surface area is 171 Å². The summed E-state index contributed by atoms with van der Waals surface area (Å²) < 4.78 is 30.5. The van der Waals surface area contributed by atoms with Crippen molar-refractivity contribution in [2.75, 3.05) is 13.2 Å². The van der Waals surface area contributed by atoms with Gasteiger partial charge in [-0.15, -0.1) is 0 Å². The number of ether oxygens (including phenoxy) is 1. The first kappa shape index (κ1) is 27.5. The highest BCUT2D eigenvalue weighted by atomic mass is 31.2. The summed E-state index contributed by atoms with van der Waals surface area (Å²) in [4.78, 5) is 18.6. The van der Waals surface area contributed by atoms with Gasteiger partial charge in [0.05, 0.1) is 13.2 Å². The van der Waals surface area contributed by atoms with E-state index in [1.807, 2.05) is 41.5 Å². The number of nitrogens with zero attached hydrogens (tertiary/aromatic N) is 1. The highest BCUT2D eigenvalue weighted by Crippen LogP contribution is 2.60. The van der Waals surface area contributed by atoms with Gasteiger partial charge in [0.25, 0.3) is 0 Å². The summed E-state index contributed by atoms with van der Waals surface area (Å²) in [7, 11) is -3.58. The van der Waals surface area contributed by atoms with E-state index in [-0.39, 0.29) is 13.2 Å². The van der Waals surface area contributed by atoms with Gasteiger partial charge in [-0.25, -0.2) is 4.79 Å². The maximum atomic E-state index is 13.7. The zero-order valence-corrected chi connectivity index (χ0v) is 20.8.